The van der Waals surface area contributed by atoms with Gasteiger partial charge in [0.1, 0.15) is 6.61 Å². The number of allylic oxidation sites excluding steroid dienone is 2. The van der Waals surface area contributed by atoms with E-state index < -0.39 is 12.0 Å². The van der Waals surface area contributed by atoms with Crippen LogP contribution in [0.2, 0.25) is 5.02 Å². The minimum absolute atomic E-state index is 0.221. The summed E-state index contributed by atoms with van der Waals surface area (Å²) in [5.41, 5.74) is 5.32. The summed E-state index contributed by atoms with van der Waals surface area (Å²) >= 11 is 7.71. The van der Waals surface area contributed by atoms with Gasteiger partial charge in [0.15, 0.2) is 16.3 Å². The number of ether oxygens (including phenoxy) is 3. The Balaban J connectivity index is 1.66. The minimum Gasteiger partial charge on any atom is -0.490 e. The third-order valence-electron chi connectivity index (χ3n) is 8.26. The van der Waals surface area contributed by atoms with Gasteiger partial charge in [-0.05, 0) is 73.6 Å². The molecule has 1 aromatic heterocycles. The highest BCUT2D eigenvalue weighted by atomic mass is 35.5. The number of hydrogen-bond donors (Lipinski definition) is 0. The second-order valence-corrected chi connectivity index (χ2v) is 13.5. The van der Waals surface area contributed by atoms with Gasteiger partial charge in [-0.25, -0.2) is 9.79 Å². The van der Waals surface area contributed by atoms with Crippen LogP contribution in [0.1, 0.15) is 87.2 Å². The third-order valence-corrected chi connectivity index (χ3v) is 9.61. The van der Waals surface area contributed by atoms with Crippen LogP contribution in [0.3, 0.4) is 0 Å². The van der Waals surface area contributed by atoms with Crippen LogP contribution in [0.4, 0.5) is 0 Å². The van der Waals surface area contributed by atoms with Crippen molar-refractivity contribution in [3.63, 3.8) is 0 Å². The molecular weight excluding hydrogens is 656 g/mol. The zero-order chi connectivity index (χ0) is 35.1. The van der Waals surface area contributed by atoms with E-state index in [-0.39, 0.29) is 18.8 Å². The van der Waals surface area contributed by atoms with Crippen LogP contribution in [-0.4, -0.2) is 23.8 Å². The highest BCUT2D eigenvalue weighted by Crippen LogP contribution is 2.36. The number of nitrogens with zero attached hydrogens (tertiary/aromatic N) is 2. The summed E-state index contributed by atoms with van der Waals surface area (Å²) < 4.78 is 20.1. The van der Waals surface area contributed by atoms with E-state index in [1.807, 2.05) is 74.5 Å². The molecule has 256 valence electrons. The van der Waals surface area contributed by atoms with Crippen LogP contribution in [0.25, 0.3) is 6.08 Å². The van der Waals surface area contributed by atoms with Crippen molar-refractivity contribution < 1.29 is 19.0 Å². The lowest BCUT2D eigenvalue weighted by Gasteiger charge is -2.26. The van der Waals surface area contributed by atoms with Gasteiger partial charge >= 0.3 is 5.97 Å². The zero-order valence-corrected chi connectivity index (χ0v) is 30.3. The number of hydrogen-bond acceptors (Lipinski definition) is 7. The molecule has 0 fully saturated rings. The maximum absolute atomic E-state index is 14.4. The number of halogens is 1. The SMILES string of the molecule is C=CCc1cc(/C=c2/sc3n(c2=O)[C@H](c2ccc(C(C)C)cc2)C(C(=O)OCC)=C(CCC)N=3)cc(OCC)c1OCc1ccccc1Cl. The molecule has 9 heteroatoms. The maximum atomic E-state index is 14.4. The van der Waals surface area contributed by atoms with Gasteiger partial charge in [0.25, 0.3) is 5.56 Å². The fraction of sp³-hybridized carbons (Fsp3) is 0.325. The number of esters is 1. The molecule has 0 unspecified atom stereocenters. The first-order valence-electron chi connectivity index (χ1n) is 16.8. The number of rotatable bonds is 14. The van der Waals surface area contributed by atoms with Crippen molar-refractivity contribution in [2.45, 2.75) is 72.4 Å². The normalized spacial score (nSPS) is 14.4. The van der Waals surface area contributed by atoms with Gasteiger partial charge in [0.2, 0.25) is 0 Å². The standard InChI is InChI=1S/C40H43ClN2O5S/c1-7-13-29-21-26(22-33(46-9-3)37(29)48-24-30-15-11-12-16-31(30)41)23-34-38(44)43-36(28-19-17-27(18-20-28)25(5)6)35(39(45)47-10-4)32(14-8-2)42-40(43)49-34/h7,11-12,15-23,25,36H,1,8-10,13-14,24H2,2-6H3/b34-23+/t36-/m1/s1. The zero-order valence-electron chi connectivity index (χ0n) is 28.8. The van der Waals surface area contributed by atoms with Crippen molar-refractivity contribution >= 4 is 35.0 Å². The molecule has 1 aliphatic rings. The fourth-order valence-corrected chi connectivity index (χ4v) is 7.13. The van der Waals surface area contributed by atoms with Crippen molar-refractivity contribution in [2.24, 2.45) is 4.99 Å². The van der Waals surface area contributed by atoms with Gasteiger partial charge in [-0.3, -0.25) is 9.36 Å². The molecule has 3 aromatic carbocycles. The van der Waals surface area contributed by atoms with E-state index >= 15 is 0 Å². The summed E-state index contributed by atoms with van der Waals surface area (Å²) in [5, 5.41) is 0.625. The summed E-state index contributed by atoms with van der Waals surface area (Å²) in [6.07, 6.45) is 5.55. The topological polar surface area (TPSA) is 79.1 Å². The molecule has 0 saturated carbocycles. The number of aromatic nitrogens is 1. The van der Waals surface area contributed by atoms with Crippen LogP contribution in [0, 0.1) is 0 Å². The predicted molar refractivity (Wildman–Crippen MR) is 197 cm³/mol. The molecule has 2 heterocycles. The van der Waals surface area contributed by atoms with Crippen molar-refractivity contribution in [3.05, 3.63) is 137 Å². The molecule has 7 nitrogen and oxygen atoms in total. The number of thiazole rings is 1. The van der Waals surface area contributed by atoms with E-state index in [4.69, 9.17) is 30.8 Å². The molecule has 0 N–H and O–H groups in total. The molecule has 0 radical (unpaired) electrons. The Morgan fingerprint density at radius 1 is 1.04 bits per heavy atom. The predicted octanol–water partition coefficient (Wildman–Crippen LogP) is 8.06. The molecule has 0 saturated heterocycles. The van der Waals surface area contributed by atoms with Gasteiger partial charge in [0.05, 0.1) is 35.1 Å². The van der Waals surface area contributed by atoms with Crippen molar-refractivity contribution in [3.8, 4) is 11.5 Å². The summed E-state index contributed by atoms with van der Waals surface area (Å²) in [5.74, 6) is 1.05. The molecular formula is C40H43ClN2O5S. The second-order valence-electron chi connectivity index (χ2n) is 12.0. The van der Waals surface area contributed by atoms with Crippen molar-refractivity contribution in [1.82, 2.24) is 4.57 Å². The average Bonchev–Trinajstić information content (AvgIpc) is 3.38. The van der Waals surface area contributed by atoms with E-state index in [1.165, 1.54) is 16.9 Å². The Labute approximate surface area is 296 Å². The first-order chi connectivity index (χ1) is 23.7. The lowest BCUT2D eigenvalue weighted by Crippen LogP contribution is -2.40. The average molecular weight is 699 g/mol. The molecule has 49 heavy (non-hydrogen) atoms. The quantitative estimate of drug-likeness (QED) is 0.0984. The number of benzene rings is 3. The van der Waals surface area contributed by atoms with Gasteiger partial charge in [-0.15, -0.1) is 6.58 Å². The highest BCUT2D eigenvalue weighted by Gasteiger charge is 2.34. The Hall–Kier alpha value is -4.40. The number of carbonyl (C=O) groups is 1. The highest BCUT2D eigenvalue weighted by molar-refractivity contribution is 7.07. The molecule has 1 aliphatic heterocycles. The van der Waals surface area contributed by atoms with Gasteiger partial charge in [0, 0.05) is 16.1 Å². The Kier molecular flexibility index (Phi) is 12.0. The van der Waals surface area contributed by atoms with E-state index in [0.29, 0.717) is 62.5 Å². The van der Waals surface area contributed by atoms with E-state index in [0.717, 1.165) is 28.7 Å². The van der Waals surface area contributed by atoms with Crippen molar-refractivity contribution in [1.29, 1.82) is 0 Å². The molecule has 0 aliphatic carbocycles. The minimum atomic E-state index is -0.670. The van der Waals surface area contributed by atoms with E-state index in [9.17, 15) is 9.59 Å². The summed E-state index contributed by atoms with van der Waals surface area (Å²) in [4.78, 5) is 33.4. The molecule has 5 rings (SSSR count). The largest absolute Gasteiger partial charge is 0.490 e. The molecule has 0 spiro atoms. The monoisotopic (exact) mass is 698 g/mol. The van der Waals surface area contributed by atoms with Crippen LogP contribution in [-0.2, 0) is 22.6 Å². The van der Waals surface area contributed by atoms with Crippen LogP contribution in [0.5, 0.6) is 11.5 Å². The fourth-order valence-electron chi connectivity index (χ4n) is 5.92. The molecule has 0 bridgehead atoms. The first kappa shape index (κ1) is 35.9. The first-order valence-corrected chi connectivity index (χ1v) is 18.0. The lowest BCUT2D eigenvalue weighted by atomic mass is 9.92. The smallest absolute Gasteiger partial charge is 0.338 e. The Bertz CT molecular complexity index is 2040. The second kappa shape index (κ2) is 16.3. The Morgan fingerprint density at radius 3 is 2.45 bits per heavy atom. The summed E-state index contributed by atoms with van der Waals surface area (Å²) in [7, 11) is 0. The van der Waals surface area contributed by atoms with Gasteiger partial charge < -0.3 is 14.2 Å². The summed E-state index contributed by atoms with van der Waals surface area (Å²) in [6, 6.07) is 18.9. The van der Waals surface area contributed by atoms with E-state index in [2.05, 4.69) is 32.6 Å². The van der Waals surface area contributed by atoms with E-state index in [1.54, 1.807) is 11.5 Å². The molecule has 0 amide bonds. The van der Waals surface area contributed by atoms with Gasteiger partial charge in [-0.2, -0.15) is 0 Å². The van der Waals surface area contributed by atoms with Crippen LogP contribution < -0.4 is 24.4 Å². The van der Waals surface area contributed by atoms with Crippen LogP contribution in [0.15, 0.2) is 94.4 Å². The lowest BCUT2D eigenvalue weighted by molar-refractivity contribution is -0.139. The maximum Gasteiger partial charge on any atom is 0.338 e. The van der Waals surface area contributed by atoms with Gasteiger partial charge in [-0.1, -0.05) is 98.7 Å². The van der Waals surface area contributed by atoms with Crippen LogP contribution >= 0.6 is 22.9 Å². The molecule has 1 atom stereocenters. The Morgan fingerprint density at radius 2 is 1.80 bits per heavy atom. The number of fused-ring (bicyclic) bond motifs is 1. The van der Waals surface area contributed by atoms with Crippen molar-refractivity contribution in [2.75, 3.05) is 13.2 Å². The molecule has 4 aromatic rings. The third kappa shape index (κ3) is 7.92. The number of carbonyl (C=O) groups excluding carboxylic acids is 1. The summed E-state index contributed by atoms with van der Waals surface area (Å²) in [6.45, 7) is 14.9.